The van der Waals surface area contributed by atoms with E-state index in [2.05, 4.69) is 5.32 Å². The normalized spacial score (nSPS) is 13.3. The van der Waals surface area contributed by atoms with Gasteiger partial charge in [-0.1, -0.05) is 6.07 Å². The van der Waals surface area contributed by atoms with Gasteiger partial charge in [0.1, 0.15) is 5.38 Å². The van der Waals surface area contributed by atoms with Crippen LogP contribution in [-0.4, -0.2) is 11.3 Å². The number of benzene rings is 1. The summed E-state index contributed by atoms with van der Waals surface area (Å²) in [5.74, 6) is -0.541. The van der Waals surface area contributed by atoms with Crippen molar-refractivity contribution in [2.45, 2.75) is 18.5 Å². The van der Waals surface area contributed by atoms with Gasteiger partial charge in [0.15, 0.2) is 0 Å². The second-order valence-corrected chi connectivity index (χ2v) is 3.84. The zero-order valence-electron chi connectivity index (χ0n) is 8.31. The Kier molecular flexibility index (Phi) is 3.80. The third-order valence-corrected chi connectivity index (χ3v) is 2.02. The molecule has 1 N–H and O–H groups in total. The van der Waals surface area contributed by atoms with E-state index in [1.165, 1.54) is 19.1 Å². The van der Waals surface area contributed by atoms with Crippen LogP contribution >= 0.6 is 11.6 Å². The van der Waals surface area contributed by atoms with E-state index >= 15 is 0 Å². The fourth-order valence-corrected chi connectivity index (χ4v) is 1.07. The lowest BCUT2D eigenvalue weighted by Crippen LogP contribution is -2.20. The quantitative estimate of drug-likeness (QED) is 0.803. The molecule has 6 heteroatoms. The maximum absolute atomic E-state index is 12.3. The molecule has 0 aliphatic carbocycles. The van der Waals surface area contributed by atoms with Crippen LogP contribution in [0.4, 0.5) is 18.9 Å². The molecule has 1 amide bonds. The fourth-order valence-electron chi connectivity index (χ4n) is 1.01. The minimum absolute atomic E-state index is 0.0762. The highest BCUT2D eigenvalue weighted by molar-refractivity contribution is 6.32. The lowest BCUT2D eigenvalue weighted by atomic mass is 10.2. The zero-order valence-corrected chi connectivity index (χ0v) is 9.06. The van der Waals surface area contributed by atoms with Gasteiger partial charge in [-0.15, -0.1) is 11.6 Å². The number of hydrogen-bond acceptors (Lipinski definition) is 1. The van der Waals surface area contributed by atoms with Gasteiger partial charge in [-0.05, 0) is 25.1 Å². The summed E-state index contributed by atoms with van der Waals surface area (Å²) in [5, 5.41) is 1.49. The van der Waals surface area contributed by atoms with Crippen LogP contribution in [-0.2, 0) is 11.0 Å². The first-order valence-corrected chi connectivity index (χ1v) is 4.86. The molecule has 0 unspecified atom stereocenters. The van der Waals surface area contributed by atoms with Crippen molar-refractivity contribution in [3.05, 3.63) is 29.8 Å². The monoisotopic (exact) mass is 251 g/mol. The van der Waals surface area contributed by atoms with E-state index in [0.717, 1.165) is 12.1 Å². The Morgan fingerprint density at radius 1 is 1.44 bits per heavy atom. The molecule has 0 aliphatic rings. The molecule has 0 bridgehead atoms. The minimum Gasteiger partial charge on any atom is -0.325 e. The van der Waals surface area contributed by atoms with Crippen LogP contribution in [0, 0.1) is 0 Å². The highest BCUT2D eigenvalue weighted by atomic mass is 35.5. The first-order valence-electron chi connectivity index (χ1n) is 4.43. The first kappa shape index (κ1) is 12.8. The van der Waals surface area contributed by atoms with Gasteiger partial charge in [0, 0.05) is 5.69 Å². The molecular weight excluding hydrogens is 243 g/mol. The van der Waals surface area contributed by atoms with Gasteiger partial charge in [0.25, 0.3) is 0 Å². The number of hydrogen-bond donors (Lipinski definition) is 1. The Morgan fingerprint density at radius 2 is 2.06 bits per heavy atom. The Morgan fingerprint density at radius 3 is 2.56 bits per heavy atom. The van der Waals surface area contributed by atoms with E-state index < -0.39 is 23.0 Å². The van der Waals surface area contributed by atoms with Crippen molar-refractivity contribution in [1.29, 1.82) is 0 Å². The summed E-state index contributed by atoms with van der Waals surface area (Å²) in [6.07, 6.45) is -4.42. The average molecular weight is 252 g/mol. The van der Waals surface area contributed by atoms with Crippen molar-refractivity contribution in [3.8, 4) is 0 Å². The molecule has 0 radical (unpaired) electrons. The van der Waals surface area contributed by atoms with Crippen molar-refractivity contribution < 1.29 is 18.0 Å². The molecule has 16 heavy (non-hydrogen) atoms. The summed E-state index contributed by atoms with van der Waals surface area (Å²) in [5.41, 5.74) is -0.736. The molecule has 0 heterocycles. The van der Waals surface area contributed by atoms with E-state index in [9.17, 15) is 18.0 Å². The van der Waals surface area contributed by atoms with Gasteiger partial charge < -0.3 is 5.32 Å². The Hall–Kier alpha value is -1.23. The van der Waals surface area contributed by atoms with Crippen LogP contribution in [0.1, 0.15) is 12.5 Å². The molecule has 0 saturated heterocycles. The van der Waals surface area contributed by atoms with Gasteiger partial charge in [0.05, 0.1) is 5.56 Å². The lowest BCUT2D eigenvalue weighted by molar-refractivity contribution is -0.137. The van der Waals surface area contributed by atoms with Crippen LogP contribution in [0.25, 0.3) is 0 Å². The molecule has 1 aromatic rings. The van der Waals surface area contributed by atoms with Crippen molar-refractivity contribution in [2.75, 3.05) is 5.32 Å². The largest absolute Gasteiger partial charge is 0.416 e. The summed E-state index contributed by atoms with van der Waals surface area (Å²) in [6.45, 7) is 1.44. The lowest BCUT2D eigenvalue weighted by Gasteiger charge is -2.10. The molecule has 1 aromatic carbocycles. The number of alkyl halides is 4. The van der Waals surface area contributed by atoms with Crippen LogP contribution in [0.5, 0.6) is 0 Å². The Bertz CT molecular complexity index is 390. The number of rotatable bonds is 2. The predicted molar refractivity (Wildman–Crippen MR) is 55.4 cm³/mol. The van der Waals surface area contributed by atoms with Gasteiger partial charge in [-0.25, -0.2) is 0 Å². The average Bonchev–Trinajstić information content (AvgIpc) is 2.16. The molecule has 1 atom stereocenters. The highest BCUT2D eigenvalue weighted by Gasteiger charge is 2.30. The van der Waals surface area contributed by atoms with E-state index in [1.807, 2.05) is 0 Å². The van der Waals surface area contributed by atoms with Crippen LogP contribution in [0.3, 0.4) is 0 Å². The smallest absolute Gasteiger partial charge is 0.325 e. The Labute approximate surface area is 95.4 Å². The summed E-state index contributed by atoms with van der Waals surface area (Å²) in [4.78, 5) is 11.1. The van der Waals surface area contributed by atoms with Crippen LogP contribution in [0.2, 0.25) is 0 Å². The molecule has 1 rings (SSSR count). The first-order chi connectivity index (χ1) is 7.30. The number of anilines is 1. The van der Waals surface area contributed by atoms with E-state index in [4.69, 9.17) is 11.6 Å². The molecule has 0 fully saturated rings. The van der Waals surface area contributed by atoms with Gasteiger partial charge >= 0.3 is 6.18 Å². The van der Waals surface area contributed by atoms with Crippen molar-refractivity contribution in [1.82, 2.24) is 0 Å². The zero-order chi connectivity index (χ0) is 12.3. The molecule has 0 aliphatic heterocycles. The van der Waals surface area contributed by atoms with E-state index in [1.54, 1.807) is 0 Å². The van der Waals surface area contributed by atoms with Crippen molar-refractivity contribution >= 4 is 23.2 Å². The van der Waals surface area contributed by atoms with E-state index in [0.29, 0.717) is 0 Å². The summed E-state index contributed by atoms with van der Waals surface area (Å²) in [7, 11) is 0. The predicted octanol–water partition coefficient (Wildman–Crippen LogP) is 3.27. The third kappa shape index (κ3) is 3.41. The number of halogens is 4. The number of amides is 1. The number of carbonyl (C=O) groups excluding carboxylic acids is 1. The number of carbonyl (C=O) groups is 1. The molecule has 0 spiro atoms. The molecule has 0 aromatic heterocycles. The molecule has 0 saturated carbocycles. The second-order valence-electron chi connectivity index (χ2n) is 3.18. The second kappa shape index (κ2) is 4.74. The SMILES string of the molecule is C[C@H](Cl)C(=O)Nc1cccc(C(F)(F)F)c1. The number of nitrogens with one attached hydrogen (secondary N) is 1. The Balaban J connectivity index is 2.88. The summed E-state index contributed by atoms with van der Waals surface area (Å²) >= 11 is 5.47. The molecule has 2 nitrogen and oxygen atoms in total. The highest BCUT2D eigenvalue weighted by Crippen LogP contribution is 2.30. The van der Waals surface area contributed by atoms with Gasteiger partial charge in [0.2, 0.25) is 5.91 Å². The maximum Gasteiger partial charge on any atom is 0.416 e. The van der Waals surface area contributed by atoms with Gasteiger partial charge in [-0.3, -0.25) is 4.79 Å². The minimum atomic E-state index is -4.42. The molecular formula is C10H9ClF3NO. The van der Waals surface area contributed by atoms with Crippen LogP contribution < -0.4 is 5.32 Å². The van der Waals surface area contributed by atoms with Crippen molar-refractivity contribution in [2.24, 2.45) is 0 Å². The maximum atomic E-state index is 12.3. The third-order valence-electron chi connectivity index (χ3n) is 1.82. The summed E-state index contributed by atoms with van der Waals surface area (Å²) < 4.78 is 37.0. The molecule has 88 valence electrons. The standard InChI is InChI=1S/C10H9ClF3NO/c1-6(11)9(16)15-8-4-2-3-7(5-8)10(12,13)14/h2-6H,1H3,(H,15,16)/t6-/m0/s1. The van der Waals surface area contributed by atoms with Crippen molar-refractivity contribution in [3.63, 3.8) is 0 Å². The topological polar surface area (TPSA) is 29.1 Å². The fraction of sp³-hybridized carbons (Fsp3) is 0.300. The summed E-state index contributed by atoms with van der Waals surface area (Å²) in [6, 6.07) is 4.38. The van der Waals surface area contributed by atoms with Gasteiger partial charge in [-0.2, -0.15) is 13.2 Å². The van der Waals surface area contributed by atoms with E-state index in [-0.39, 0.29) is 5.69 Å². The van der Waals surface area contributed by atoms with Crippen LogP contribution in [0.15, 0.2) is 24.3 Å².